The Labute approximate surface area is 121 Å². The number of nitrogens with zero attached hydrogens (tertiary/aromatic N) is 1. The lowest BCUT2D eigenvalue weighted by Crippen LogP contribution is -2.48. The van der Waals surface area contributed by atoms with E-state index in [1.54, 1.807) is 0 Å². The van der Waals surface area contributed by atoms with Crippen LogP contribution in [0.2, 0.25) is 0 Å². The van der Waals surface area contributed by atoms with E-state index in [1.165, 1.54) is 6.42 Å². The predicted octanol–water partition coefficient (Wildman–Crippen LogP) is 2.51. The van der Waals surface area contributed by atoms with Crippen LogP contribution in [-0.2, 0) is 4.74 Å². The Morgan fingerprint density at radius 2 is 1.90 bits per heavy atom. The fourth-order valence-electron chi connectivity index (χ4n) is 3.38. The van der Waals surface area contributed by atoms with Crippen molar-refractivity contribution in [3.8, 4) is 0 Å². The summed E-state index contributed by atoms with van der Waals surface area (Å²) in [5.41, 5.74) is 6.01. The standard InChI is InChI=1S/C16H26N2O2/c1-10-6-13(10)15-4-5-16(20-15)14(7-17)18-8-11(2)19-12(3)9-18/h4-5,10-14H,6-9,17H2,1-3H3. The molecule has 112 valence electrons. The van der Waals surface area contributed by atoms with E-state index in [9.17, 15) is 0 Å². The molecule has 0 aromatic carbocycles. The average molecular weight is 278 g/mol. The van der Waals surface area contributed by atoms with Gasteiger partial charge in [0.25, 0.3) is 0 Å². The fourth-order valence-corrected chi connectivity index (χ4v) is 3.38. The van der Waals surface area contributed by atoms with Crippen LogP contribution in [0.15, 0.2) is 16.5 Å². The van der Waals surface area contributed by atoms with Crippen molar-refractivity contribution in [1.82, 2.24) is 4.90 Å². The van der Waals surface area contributed by atoms with Crippen LogP contribution in [0.5, 0.6) is 0 Å². The van der Waals surface area contributed by atoms with Gasteiger partial charge in [-0.05, 0) is 38.3 Å². The lowest BCUT2D eigenvalue weighted by Gasteiger charge is -2.39. The van der Waals surface area contributed by atoms with Crippen molar-refractivity contribution >= 4 is 0 Å². The van der Waals surface area contributed by atoms with E-state index in [-0.39, 0.29) is 18.2 Å². The molecule has 3 rings (SSSR count). The minimum absolute atomic E-state index is 0.173. The maximum absolute atomic E-state index is 6.09. The van der Waals surface area contributed by atoms with Gasteiger partial charge >= 0.3 is 0 Å². The van der Waals surface area contributed by atoms with Crippen molar-refractivity contribution in [2.75, 3.05) is 19.6 Å². The Morgan fingerprint density at radius 3 is 2.45 bits per heavy atom. The van der Waals surface area contributed by atoms with Crippen LogP contribution in [0.4, 0.5) is 0 Å². The van der Waals surface area contributed by atoms with Crippen LogP contribution >= 0.6 is 0 Å². The van der Waals surface area contributed by atoms with Crippen molar-refractivity contribution < 1.29 is 9.15 Å². The van der Waals surface area contributed by atoms with Crippen LogP contribution < -0.4 is 5.73 Å². The van der Waals surface area contributed by atoms with Gasteiger partial charge in [0.1, 0.15) is 11.5 Å². The minimum Gasteiger partial charge on any atom is -0.464 e. The molecule has 5 atom stereocenters. The van der Waals surface area contributed by atoms with E-state index in [4.69, 9.17) is 14.9 Å². The van der Waals surface area contributed by atoms with Crippen LogP contribution in [0, 0.1) is 5.92 Å². The van der Waals surface area contributed by atoms with Crippen LogP contribution in [0.3, 0.4) is 0 Å². The molecule has 2 heterocycles. The van der Waals surface area contributed by atoms with Crippen molar-refractivity contribution in [1.29, 1.82) is 0 Å². The third-order valence-electron chi connectivity index (χ3n) is 4.56. The first-order chi connectivity index (χ1) is 9.58. The first-order valence-electron chi connectivity index (χ1n) is 7.77. The summed E-state index contributed by atoms with van der Waals surface area (Å²) in [5, 5.41) is 0. The highest BCUT2D eigenvalue weighted by Gasteiger charge is 2.37. The third kappa shape index (κ3) is 2.78. The van der Waals surface area contributed by atoms with Gasteiger partial charge < -0.3 is 14.9 Å². The summed E-state index contributed by atoms with van der Waals surface area (Å²) < 4.78 is 11.9. The first kappa shape index (κ1) is 14.1. The normalized spacial score (nSPS) is 36.0. The highest BCUT2D eigenvalue weighted by molar-refractivity contribution is 5.19. The van der Waals surface area contributed by atoms with Crippen molar-refractivity contribution in [3.05, 3.63) is 23.7 Å². The molecule has 1 saturated carbocycles. The highest BCUT2D eigenvalue weighted by atomic mass is 16.5. The quantitative estimate of drug-likeness (QED) is 0.919. The number of rotatable bonds is 4. The maximum Gasteiger partial charge on any atom is 0.122 e. The Balaban J connectivity index is 1.73. The Morgan fingerprint density at radius 1 is 1.25 bits per heavy atom. The summed E-state index contributed by atoms with van der Waals surface area (Å²) in [5.74, 6) is 3.56. The van der Waals surface area contributed by atoms with E-state index < -0.39 is 0 Å². The molecule has 1 aliphatic heterocycles. The zero-order valence-corrected chi connectivity index (χ0v) is 12.7. The van der Waals surface area contributed by atoms with Crippen molar-refractivity contribution in [2.24, 2.45) is 11.7 Å². The second-order valence-corrected chi connectivity index (χ2v) is 6.52. The monoisotopic (exact) mass is 278 g/mol. The highest BCUT2D eigenvalue weighted by Crippen LogP contribution is 2.47. The summed E-state index contributed by atoms with van der Waals surface area (Å²) in [7, 11) is 0. The van der Waals surface area contributed by atoms with E-state index >= 15 is 0 Å². The fraction of sp³-hybridized carbons (Fsp3) is 0.750. The largest absolute Gasteiger partial charge is 0.464 e. The molecule has 4 heteroatoms. The smallest absolute Gasteiger partial charge is 0.122 e. The zero-order valence-electron chi connectivity index (χ0n) is 12.7. The van der Waals surface area contributed by atoms with Gasteiger partial charge in [0.05, 0.1) is 18.2 Å². The van der Waals surface area contributed by atoms with Gasteiger partial charge in [0.15, 0.2) is 0 Å². The zero-order chi connectivity index (χ0) is 14.3. The molecule has 1 aromatic heterocycles. The van der Waals surface area contributed by atoms with Crippen molar-refractivity contribution in [3.63, 3.8) is 0 Å². The molecule has 2 N–H and O–H groups in total. The molecule has 0 spiro atoms. The summed E-state index contributed by atoms with van der Waals surface area (Å²) in [6.07, 6.45) is 1.77. The molecule has 1 aromatic rings. The Kier molecular flexibility index (Phi) is 3.89. The third-order valence-corrected chi connectivity index (χ3v) is 4.56. The molecular formula is C16H26N2O2. The van der Waals surface area contributed by atoms with Gasteiger partial charge in [0, 0.05) is 25.6 Å². The number of nitrogens with two attached hydrogens (primary N) is 1. The van der Waals surface area contributed by atoms with Gasteiger partial charge in [-0.1, -0.05) is 6.92 Å². The number of ether oxygens (including phenoxy) is 1. The number of hydrogen-bond acceptors (Lipinski definition) is 4. The first-order valence-corrected chi connectivity index (χ1v) is 7.77. The molecule has 5 unspecified atom stereocenters. The molecule has 1 saturated heterocycles. The second kappa shape index (κ2) is 5.51. The van der Waals surface area contributed by atoms with Gasteiger partial charge in [-0.3, -0.25) is 4.90 Å². The van der Waals surface area contributed by atoms with E-state index in [1.807, 2.05) is 0 Å². The summed E-state index contributed by atoms with van der Waals surface area (Å²) >= 11 is 0. The van der Waals surface area contributed by atoms with Crippen molar-refractivity contribution in [2.45, 2.75) is 51.4 Å². The molecule has 1 aliphatic carbocycles. The van der Waals surface area contributed by atoms with Gasteiger partial charge in [-0.15, -0.1) is 0 Å². The number of morpholine rings is 1. The Bertz CT molecular complexity index is 449. The average Bonchev–Trinajstić information content (AvgIpc) is 2.92. The summed E-state index contributed by atoms with van der Waals surface area (Å²) in [6.45, 7) is 8.95. The molecule has 0 amide bonds. The number of furan rings is 1. The van der Waals surface area contributed by atoms with Crippen LogP contribution in [0.1, 0.15) is 50.7 Å². The van der Waals surface area contributed by atoms with Crippen LogP contribution in [-0.4, -0.2) is 36.7 Å². The molecule has 0 radical (unpaired) electrons. The molecule has 20 heavy (non-hydrogen) atoms. The van der Waals surface area contributed by atoms with E-state index in [2.05, 4.69) is 37.8 Å². The van der Waals surface area contributed by atoms with Crippen LogP contribution in [0.25, 0.3) is 0 Å². The van der Waals surface area contributed by atoms with E-state index in [0.717, 1.165) is 30.5 Å². The van der Waals surface area contributed by atoms with E-state index in [0.29, 0.717) is 12.5 Å². The second-order valence-electron chi connectivity index (χ2n) is 6.52. The Hall–Kier alpha value is -0.840. The van der Waals surface area contributed by atoms with Gasteiger partial charge in [-0.25, -0.2) is 0 Å². The van der Waals surface area contributed by atoms with Gasteiger partial charge in [0.2, 0.25) is 0 Å². The molecule has 4 nitrogen and oxygen atoms in total. The maximum atomic E-state index is 6.09. The predicted molar refractivity (Wildman–Crippen MR) is 78.6 cm³/mol. The lowest BCUT2D eigenvalue weighted by atomic mass is 10.1. The van der Waals surface area contributed by atoms with Gasteiger partial charge in [-0.2, -0.15) is 0 Å². The molecule has 2 fully saturated rings. The summed E-state index contributed by atoms with van der Waals surface area (Å²) in [6, 6.07) is 4.42. The molecular weight excluding hydrogens is 252 g/mol. The lowest BCUT2D eigenvalue weighted by molar-refractivity contribution is -0.0820. The minimum atomic E-state index is 0.173. The molecule has 2 aliphatic rings. The molecule has 0 bridgehead atoms. The number of hydrogen-bond donors (Lipinski definition) is 1. The summed E-state index contributed by atoms with van der Waals surface area (Å²) in [4.78, 5) is 2.40. The topological polar surface area (TPSA) is 51.6 Å². The SMILES string of the molecule is CC1CN(C(CN)c2ccc(C3CC3C)o2)CC(C)O1.